The molecular weight excluding hydrogens is 333 g/mol. The highest BCUT2D eigenvalue weighted by Crippen LogP contribution is 2.35. The summed E-state index contributed by atoms with van der Waals surface area (Å²) >= 11 is 5.54. The van der Waals surface area contributed by atoms with E-state index in [9.17, 15) is 4.79 Å². The lowest BCUT2D eigenvalue weighted by molar-refractivity contribution is -0.145. The molecule has 2 saturated heterocycles. The molecule has 0 aromatic carbocycles. The smallest absolute Gasteiger partial charge is 0.320 e. The Morgan fingerprint density at radius 1 is 1.13 bits per heavy atom. The average molecular weight is 362 g/mol. The number of nitrogens with zero attached hydrogens (tertiary/aromatic N) is 2. The van der Waals surface area contributed by atoms with Crippen LogP contribution in [0, 0.1) is 0 Å². The molecule has 0 spiro atoms. The van der Waals surface area contributed by atoms with Gasteiger partial charge in [0.25, 0.3) is 0 Å². The standard InChI is InChI=1S/C15H28N3O3PS/c1-2-20-11-12-21-14(19)13-16-15(22-23,17-7-3-4-8-17)18-9-5-6-10-18/h16H,2-13H2,1H3/p+1. The highest BCUT2D eigenvalue weighted by atomic mass is 32.4. The third kappa shape index (κ3) is 5.15. The van der Waals surface area contributed by atoms with Crippen LogP contribution in [-0.2, 0) is 26.1 Å². The molecule has 1 unspecified atom stereocenters. The number of carbonyl (C=O) groups excluding carboxylic acids is 1. The van der Waals surface area contributed by atoms with Crippen molar-refractivity contribution in [3.8, 4) is 0 Å². The van der Waals surface area contributed by atoms with E-state index in [2.05, 4.69) is 15.1 Å². The van der Waals surface area contributed by atoms with E-state index in [1.165, 1.54) is 25.7 Å². The predicted octanol–water partition coefficient (Wildman–Crippen LogP) is 1.10. The lowest BCUT2D eigenvalue weighted by Crippen LogP contribution is -2.64. The molecule has 2 rings (SSSR count). The van der Waals surface area contributed by atoms with Gasteiger partial charge in [-0.25, -0.2) is 15.1 Å². The van der Waals surface area contributed by atoms with Crippen molar-refractivity contribution in [2.45, 2.75) is 38.1 Å². The van der Waals surface area contributed by atoms with Gasteiger partial charge in [0.2, 0.25) is 7.36 Å². The number of hydrogen-bond acceptors (Lipinski definition) is 7. The SMILES string of the molecule is CCOCCOC(=O)CNC([PH+]=S)(N1CCCC1)N1CCCC1. The quantitative estimate of drug-likeness (QED) is 0.355. The molecule has 2 aliphatic rings. The lowest BCUT2D eigenvalue weighted by Gasteiger charge is -2.39. The van der Waals surface area contributed by atoms with Gasteiger partial charge in [0.1, 0.15) is 13.2 Å². The molecule has 0 aliphatic carbocycles. The lowest BCUT2D eigenvalue weighted by atomic mass is 10.4. The molecule has 23 heavy (non-hydrogen) atoms. The summed E-state index contributed by atoms with van der Waals surface area (Å²) in [5, 5.41) is 3.45. The van der Waals surface area contributed by atoms with Crippen molar-refractivity contribution in [3.63, 3.8) is 0 Å². The van der Waals surface area contributed by atoms with Crippen molar-refractivity contribution in [2.24, 2.45) is 0 Å². The van der Waals surface area contributed by atoms with Gasteiger partial charge in [-0.2, -0.15) is 0 Å². The third-order valence-electron chi connectivity index (χ3n) is 4.44. The highest BCUT2D eigenvalue weighted by molar-refractivity contribution is 7.97. The summed E-state index contributed by atoms with van der Waals surface area (Å²) in [4.78, 5) is 16.8. The molecule has 2 heterocycles. The number of esters is 1. The Hall–Kier alpha value is -0.170. The molecule has 1 atom stereocenters. The molecule has 0 amide bonds. The monoisotopic (exact) mass is 362 g/mol. The topological polar surface area (TPSA) is 54.0 Å². The first-order valence-corrected chi connectivity index (χ1v) is 10.7. The Kier molecular flexibility index (Phi) is 8.30. The van der Waals surface area contributed by atoms with Crippen LogP contribution in [0.25, 0.3) is 0 Å². The summed E-state index contributed by atoms with van der Waals surface area (Å²) in [5.41, 5.74) is -0.346. The number of hydrogen-bond donors (Lipinski definition) is 1. The van der Waals surface area contributed by atoms with Crippen molar-refractivity contribution in [1.82, 2.24) is 15.1 Å². The van der Waals surface area contributed by atoms with E-state index in [1.807, 2.05) is 6.92 Å². The van der Waals surface area contributed by atoms with Crippen LogP contribution >= 0.6 is 7.36 Å². The van der Waals surface area contributed by atoms with Gasteiger partial charge in [-0.05, 0) is 32.6 Å². The minimum atomic E-state index is -0.346. The van der Waals surface area contributed by atoms with Crippen molar-refractivity contribution in [2.75, 3.05) is 52.5 Å². The van der Waals surface area contributed by atoms with Gasteiger partial charge in [0.15, 0.2) is 11.8 Å². The second-order valence-corrected chi connectivity index (χ2v) is 7.45. The van der Waals surface area contributed by atoms with E-state index in [4.69, 9.17) is 21.3 Å². The van der Waals surface area contributed by atoms with Gasteiger partial charge in [-0.15, -0.1) is 0 Å². The Morgan fingerprint density at radius 3 is 2.17 bits per heavy atom. The van der Waals surface area contributed by atoms with Crippen LogP contribution in [0.1, 0.15) is 32.6 Å². The van der Waals surface area contributed by atoms with Crippen LogP contribution in [0.2, 0.25) is 0 Å². The zero-order valence-corrected chi connectivity index (χ0v) is 15.8. The van der Waals surface area contributed by atoms with Crippen molar-refractivity contribution < 1.29 is 14.3 Å². The molecule has 2 aliphatic heterocycles. The zero-order chi connectivity index (χ0) is 16.5. The van der Waals surface area contributed by atoms with E-state index >= 15 is 0 Å². The fraction of sp³-hybridized carbons (Fsp3) is 0.933. The second kappa shape index (κ2) is 9.97. The van der Waals surface area contributed by atoms with Gasteiger partial charge in [0.05, 0.1) is 6.61 Å². The van der Waals surface area contributed by atoms with Crippen molar-refractivity contribution in [3.05, 3.63) is 0 Å². The molecule has 0 saturated carbocycles. The molecule has 0 aromatic rings. The minimum absolute atomic E-state index is 0.197. The van der Waals surface area contributed by atoms with Crippen LogP contribution in [0.15, 0.2) is 0 Å². The van der Waals surface area contributed by atoms with Crippen LogP contribution in [0.4, 0.5) is 0 Å². The molecule has 6 nitrogen and oxygen atoms in total. The zero-order valence-electron chi connectivity index (χ0n) is 14.0. The fourth-order valence-electron chi connectivity index (χ4n) is 3.28. The number of carbonyl (C=O) groups is 1. The Balaban J connectivity index is 1.91. The maximum absolute atomic E-state index is 12.0. The summed E-state index contributed by atoms with van der Waals surface area (Å²) in [7, 11) is 0.281. The Labute approximate surface area is 145 Å². The molecule has 2 fully saturated rings. The molecule has 8 heteroatoms. The van der Waals surface area contributed by atoms with Gasteiger partial charge in [-0.3, -0.25) is 4.79 Å². The van der Waals surface area contributed by atoms with Crippen LogP contribution in [-0.4, -0.2) is 73.8 Å². The van der Waals surface area contributed by atoms with Crippen molar-refractivity contribution in [1.29, 1.82) is 0 Å². The normalized spacial score (nSPS) is 20.4. The summed E-state index contributed by atoms with van der Waals surface area (Å²) in [6, 6.07) is 0. The minimum Gasteiger partial charge on any atom is -0.462 e. The van der Waals surface area contributed by atoms with Crippen LogP contribution in [0.5, 0.6) is 0 Å². The van der Waals surface area contributed by atoms with Gasteiger partial charge in [0, 0.05) is 32.8 Å². The van der Waals surface area contributed by atoms with E-state index in [0.717, 1.165) is 26.2 Å². The molecule has 0 radical (unpaired) electrons. The summed E-state index contributed by atoms with van der Waals surface area (Å²) < 4.78 is 10.4. The fourth-order valence-corrected chi connectivity index (χ4v) is 5.13. The molecule has 132 valence electrons. The van der Waals surface area contributed by atoms with Crippen LogP contribution in [0.3, 0.4) is 0 Å². The van der Waals surface area contributed by atoms with Crippen molar-refractivity contribution >= 4 is 25.1 Å². The molecular formula is C15H29N3O3PS+. The first kappa shape index (κ1) is 19.2. The number of rotatable bonds is 10. The molecule has 0 bridgehead atoms. The largest absolute Gasteiger partial charge is 0.462 e. The number of ether oxygens (including phenoxy) is 2. The second-order valence-electron chi connectivity index (χ2n) is 5.93. The van der Waals surface area contributed by atoms with E-state index in [1.54, 1.807) is 0 Å². The van der Waals surface area contributed by atoms with Gasteiger partial charge >= 0.3 is 11.5 Å². The van der Waals surface area contributed by atoms with E-state index < -0.39 is 0 Å². The molecule has 1 N–H and O–H groups in total. The maximum Gasteiger partial charge on any atom is 0.320 e. The highest BCUT2D eigenvalue weighted by Gasteiger charge is 2.50. The third-order valence-corrected chi connectivity index (χ3v) is 6.39. The first-order valence-electron chi connectivity index (χ1n) is 8.60. The summed E-state index contributed by atoms with van der Waals surface area (Å²) in [6.45, 7) is 7.72. The summed E-state index contributed by atoms with van der Waals surface area (Å²) in [6.07, 6.45) is 4.82. The Morgan fingerprint density at radius 2 is 1.70 bits per heavy atom. The first-order chi connectivity index (χ1) is 11.2. The van der Waals surface area contributed by atoms with Crippen LogP contribution < -0.4 is 5.32 Å². The summed E-state index contributed by atoms with van der Waals surface area (Å²) in [5.74, 6) is -0.235. The van der Waals surface area contributed by atoms with Gasteiger partial charge in [-0.1, -0.05) is 0 Å². The maximum atomic E-state index is 12.0. The van der Waals surface area contributed by atoms with Gasteiger partial charge < -0.3 is 9.47 Å². The van der Waals surface area contributed by atoms with E-state index in [0.29, 0.717) is 19.8 Å². The van der Waals surface area contributed by atoms with E-state index in [-0.39, 0.29) is 25.4 Å². The Bertz CT molecular complexity index is 372. The number of nitrogens with one attached hydrogen (secondary N) is 1. The molecule has 0 aromatic heterocycles. The average Bonchev–Trinajstić information content (AvgIpc) is 3.27. The number of likely N-dealkylation sites (tertiary alicyclic amines) is 2. The predicted molar refractivity (Wildman–Crippen MR) is 95.5 cm³/mol.